The van der Waals surface area contributed by atoms with Crippen molar-refractivity contribution in [2.45, 2.75) is 32.6 Å². The molecule has 1 aromatic heterocycles. The standard InChI is InChI=1S/C13H19N3O/c1-9-7-12(14)11(8-16-9)13(17)15-6-2-3-10-4-5-10/h7-8,10H,2-6H2,1H3,(H2,14,16)(H,15,17). The Morgan fingerprint density at radius 2 is 2.35 bits per heavy atom. The van der Waals surface area contributed by atoms with Crippen LogP contribution in [0.3, 0.4) is 0 Å². The molecular weight excluding hydrogens is 214 g/mol. The number of nitrogens with one attached hydrogen (secondary N) is 1. The van der Waals surface area contributed by atoms with Crippen LogP contribution in [0.4, 0.5) is 5.69 Å². The molecule has 1 aliphatic rings. The van der Waals surface area contributed by atoms with Crippen LogP contribution in [0.2, 0.25) is 0 Å². The van der Waals surface area contributed by atoms with Crippen molar-refractivity contribution in [1.29, 1.82) is 0 Å². The molecule has 0 radical (unpaired) electrons. The molecule has 0 aromatic carbocycles. The van der Waals surface area contributed by atoms with Crippen LogP contribution in [0.5, 0.6) is 0 Å². The van der Waals surface area contributed by atoms with E-state index < -0.39 is 0 Å². The third-order valence-corrected chi connectivity index (χ3v) is 3.09. The topological polar surface area (TPSA) is 68.0 Å². The van der Waals surface area contributed by atoms with Crippen molar-refractivity contribution >= 4 is 11.6 Å². The molecule has 1 fully saturated rings. The summed E-state index contributed by atoms with van der Waals surface area (Å²) in [7, 11) is 0. The quantitative estimate of drug-likeness (QED) is 0.763. The summed E-state index contributed by atoms with van der Waals surface area (Å²) < 4.78 is 0. The SMILES string of the molecule is Cc1cc(N)c(C(=O)NCCCC2CC2)cn1. The van der Waals surface area contributed by atoms with E-state index in [2.05, 4.69) is 10.3 Å². The Kier molecular flexibility index (Phi) is 3.61. The molecule has 1 aromatic rings. The van der Waals surface area contributed by atoms with Gasteiger partial charge in [-0.1, -0.05) is 12.8 Å². The van der Waals surface area contributed by atoms with Crippen LogP contribution in [-0.2, 0) is 0 Å². The molecule has 3 N–H and O–H groups in total. The summed E-state index contributed by atoms with van der Waals surface area (Å²) in [6.07, 6.45) is 6.55. The summed E-state index contributed by atoms with van der Waals surface area (Å²) in [5.74, 6) is 0.795. The van der Waals surface area contributed by atoms with E-state index in [9.17, 15) is 4.79 Å². The number of amides is 1. The average Bonchev–Trinajstić information content (AvgIpc) is 3.08. The van der Waals surface area contributed by atoms with Crippen molar-refractivity contribution in [2.24, 2.45) is 5.92 Å². The van der Waals surface area contributed by atoms with Crippen molar-refractivity contribution < 1.29 is 4.79 Å². The van der Waals surface area contributed by atoms with Crippen molar-refractivity contribution in [1.82, 2.24) is 10.3 Å². The molecule has 4 nitrogen and oxygen atoms in total. The Labute approximate surface area is 102 Å². The molecule has 0 aliphatic heterocycles. The van der Waals surface area contributed by atoms with Crippen LogP contribution >= 0.6 is 0 Å². The first kappa shape index (κ1) is 11.9. The van der Waals surface area contributed by atoms with E-state index in [0.717, 1.165) is 24.6 Å². The highest BCUT2D eigenvalue weighted by atomic mass is 16.1. The molecule has 0 bridgehead atoms. The van der Waals surface area contributed by atoms with Gasteiger partial charge in [-0.05, 0) is 31.7 Å². The number of hydrogen-bond donors (Lipinski definition) is 2. The van der Waals surface area contributed by atoms with Crippen molar-refractivity contribution in [3.63, 3.8) is 0 Å². The third kappa shape index (κ3) is 3.44. The summed E-state index contributed by atoms with van der Waals surface area (Å²) in [5, 5.41) is 2.88. The number of anilines is 1. The van der Waals surface area contributed by atoms with Gasteiger partial charge in [0.2, 0.25) is 0 Å². The van der Waals surface area contributed by atoms with Crippen LogP contribution < -0.4 is 11.1 Å². The van der Waals surface area contributed by atoms with Gasteiger partial charge in [0.15, 0.2) is 0 Å². The Morgan fingerprint density at radius 3 is 3.00 bits per heavy atom. The van der Waals surface area contributed by atoms with Crippen molar-refractivity contribution in [3.8, 4) is 0 Å². The van der Waals surface area contributed by atoms with Gasteiger partial charge in [-0.25, -0.2) is 0 Å². The molecular formula is C13H19N3O. The number of carbonyl (C=O) groups excluding carboxylic acids is 1. The first-order valence-corrected chi connectivity index (χ1v) is 6.17. The molecule has 1 saturated carbocycles. The summed E-state index contributed by atoms with van der Waals surface area (Å²) in [5.41, 5.74) is 7.58. The Hall–Kier alpha value is -1.58. The summed E-state index contributed by atoms with van der Waals surface area (Å²) >= 11 is 0. The van der Waals surface area contributed by atoms with Crippen molar-refractivity contribution in [3.05, 3.63) is 23.5 Å². The third-order valence-electron chi connectivity index (χ3n) is 3.09. The van der Waals surface area contributed by atoms with Gasteiger partial charge in [-0.2, -0.15) is 0 Å². The van der Waals surface area contributed by atoms with Crippen LogP contribution in [0.1, 0.15) is 41.7 Å². The first-order valence-electron chi connectivity index (χ1n) is 6.17. The largest absolute Gasteiger partial charge is 0.398 e. The van der Waals surface area contributed by atoms with Gasteiger partial charge in [0, 0.05) is 24.1 Å². The zero-order valence-electron chi connectivity index (χ0n) is 10.2. The molecule has 4 heteroatoms. The molecule has 2 rings (SSSR count). The predicted octanol–water partition coefficient (Wildman–Crippen LogP) is 1.89. The van der Waals surface area contributed by atoms with E-state index in [-0.39, 0.29) is 5.91 Å². The maximum Gasteiger partial charge on any atom is 0.254 e. The van der Waals surface area contributed by atoms with Gasteiger partial charge >= 0.3 is 0 Å². The Balaban J connectivity index is 1.81. The van der Waals surface area contributed by atoms with Crippen LogP contribution in [0.25, 0.3) is 0 Å². The van der Waals surface area contributed by atoms with Crippen LogP contribution in [-0.4, -0.2) is 17.4 Å². The number of nitrogens with zero attached hydrogens (tertiary/aromatic N) is 1. The second-order valence-corrected chi connectivity index (χ2v) is 4.75. The lowest BCUT2D eigenvalue weighted by Crippen LogP contribution is -2.25. The maximum atomic E-state index is 11.8. The molecule has 1 aliphatic carbocycles. The zero-order chi connectivity index (χ0) is 12.3. The van der Waals surface area contributed by atoms with Gasteiger partial charge in [-0.3, -0.25) is 9.78 Å². The lowest BCUT2D eigenvalue weighted by Gasteiger charge is -2.07. The lowest BCUT2D eigenvalue weighted by molar-refractivity contribution is 0.0953. The Bertz CT molecular complexity index is 413. The van der Waals surface area contributed by atoms with E-state index in [1.807, 2.05) is 6.92 Å². The number of carbonyl (C=O) groups is 1. The van der Waals surface area contributed by atoms with E-state index in [4.69, 9.17) is 5.73 Å². The summed E-state index contributed by atoms with van der Waals surface area (Å²) in [4.78, 5) is 15.9. The van der Waals surface area contributed by atoms with Gasteiger partial charge in [0.25, 0.3) is 5.91 Å². The normalized spacial score (nSPS) is 14.6. The Morgan fingerprint density at radius 1 is 1.59 bits per heavy atom. The lowest BCUT2D eigenvalue weighted by atomic mass is 10.2. The molecule has 17 heavy (non-hydrogen) atoms. The molecule has 0 saturated heterocycles. The van der Waals surface area contributed by atoms with Crippen LogP contribution in [0.15, 0.2) is 12.3 Å². The fourth-order valence-corrected chi connectivity index (χ4v) is 1.87. The minimum atomic E-state index is -0.120. The highest BCUT2D eigenvalue weighted by Gasteiger charge is 2.20. The van der Waals surface area contributed by atoms with E-state index in [1.165, 1.54) is 19.3 Å². The molecule has 92 valence electrons. The number of nitrogen functional groups attached to an aromatic ring is 1. The predicted molar refractivity (Wildman–Crippen MR) is 67.7 cm³/mol. The summed E-state index contributed by atoms with van der Waals surface area (Å²) in [6.45, 7) is 2.58. The number of hydrogen-bond acceptors (Lipinski definition) is 3. The summed E-state index contributed by atoms with van der Waals surface area (Å²) in [6, 6.07) is 1.72. The molecule has 0 atom stereocenters. The minimum Gasteiger partial charge on any atom is -0.398 e. The van der Waals surface area contributed by atoms with E-state index in [1.54, 1.807) is 12.3 Å². The number of aryl methyl sites for hydroxylation is 1. The number of aromatic nitrogens is 1. The van der Waals surface area contributed by atoms with E-state index in [0.29, 0.717) is 11.3 Å². The minimum absolute atomic E-state index is 0.120. The monoisotopic (exact) mass is 233 g/mol. The first-order chi connectivity index (χ1) is 8.16. The molecule has 1 amide bonds. The van der Waals surface area contributed by atoms with Gasteiger partial charge in [0.05, 0.1) is 5.56 Å². The van der Waals surface area contributed by atoms with Crippen LogP contribution in [0, 0.1) is 12.8 Å². The van der Waals surface area contributed by atoms with Gasteiger partial charge < -0.3 is 11.1 Å². The highest BCUT2D eigenvalue weighted by molar-refractivity contribution is 5.98. The highest BCUT2D eigenvalue weighted by Crippen LogP contribution is 2.33. The van der Waals surface area contributed by atoms with E-state index >= 15 is 0 Å². The fraction of sp³-hybridized carbons (Fsp3) is 0.538. The second kappa shape index (κ2) is 5.17. The van der Waals surface area contributed by atoms with Gasteiger partial charge in [-0.15, -0.1) is 0 Å². The fourth-order valence-electron chi connectivity index (χ4n) is 1.87. The number of nitrogens with two attached hydrogens (primary N) is 1. The maximum absolute atomic E-state index is 11.8. The zero-order valence-corrected chi connectivity index (χ0v) is 10.2. The average molecular weight is 233 g/mol. The molecule has 0 unspecified atom stereocenters. The smallest absolute Gasteiger partial charge is 0.254 e. The van der Waals surface area contributed by atoms with Gasteiger partial charge in [0.1, 0.15) is 0 Å². The second-order valence-electron chi connectivity index (χ2n) is 4.75. The number of pyridine rings is 1. The number of rotatable bonds is 5. The molecule has 1 heterocycles. The van der Waals surface area contributed by atoms with Crippen molar-refractivity contribution in [2.75, 3.05) is 12.3 Å². The molecule has 0 spiro atoms.